The van der Waals surface area contributed by atoms with Gasteiger partial charge in [0.05, 0.1) is 18.8 Å². The highest BCUT2D eigenvalue weighted by Crippen LogP contribution is 2.33. The molecule has 0 spiro atoms. The average Bonchev–Trinajstić information content (AvgIpc) is 2.79. The summed E-state index contributed by atoms with van der Waals surface area (Å²) in [5.74, 6) is -0.429. The molecule has 0 N–H and O–H groups in total. The summed E-state index contributed by atoms with van der Waals surface area (Å²) in [5, 5.41) is 1.18. The number of hydrogen-bond acceptors (Lipinski definition) is 4. The first-order chi connectivity index (χ1) is 9.28. The van der Waals surface area contributed by atoms with Crippen molar-refractivity contribution in [2.45, 2.75) is 45.8 Å². The molecule has 1 saturated heterocycles. The molecule has 5 nitrogen and oxygen atoms in total. The van der Waals surface area contributed by atoms with Crippen molar-refractivity contribution in [2.24, 2.45) is 0 Å². The van der Waals surface area contributed by atoms with Crippen molar-refractivity contribution >= 4 is 6.09 Å². The predicted molar refractivity (Wildman–Crippen MR) is 70.3 cm³/mol. The summed E-state index contributed by atoms with van der Waals surface area (Å²) >= 11 is 0. The van der Waals surface area contributed by atoms with Crippen LogP contribution in [0.2, 0.25) is 0 Å². The van der Waals surface area contributed by atoms with Crippen LogP contribution in [0.3, 0.4) is 0 Å². The molecule has 1 aliphatic rings. The minimum absolute atomic E-state index is 0.368. The largest absolute Gasteiger partial charge is 0.442 e. The predicted octanol–water partition coefficient (Wildman–Crippen LogP) is 3.14. The van der Waals surface area contributed by atoms with E-state index in [9.17, 15) is 9.18 Å². The quantitative estimate of drug-likeness (QED) is 0.794. The van der Waals surface area contributed by atoms with Crippen molar-refractivity contribution in [3.05, 3.63) is 29.3 Å². The molecule has 1 aromatic heterocycles. The van der Waals surface area contributed by atoms with Gasteiger partial charge in [0.1, 0.15) is 11.4 Å². The second kappa shape index (κ2) is 5.36. The van der Waals surface area contributed by atoms with Crippen LogP contribution in [0, 0.1) is 12.7 Å². The maximum atomic E-state index is 13.4. The summed E-state index contributed by atoms with van der Waals surface area (Å²) in [6.45, 7) is 7.52. The Kier molecular flexibility index (Phi) is 3.94. The Balaban J connectivity index is 2.23. The fraction of sp³-hybridized carbons (Fsp3) is 0.571. The van der Waals surface area contributed by atoms with Crippen LogP contribution in [0.5, 0.6) is 0 Å². The molecule has 0 radical (unpaired) electrons. The zero-order chi connectivity index (χ0) is 14.9. The summed E-state index contributed by atoms with van der Waals surface area (Å²) in [7, 11) is 0. The lowest BCUT2D eigenvalue weighted by molar-refractivity contribution is -0.125. The van der Waals surface area contributed by atoms with E-state index in [1.54, 1.807) is 27.7 Å². The number of carbonyl (C=O) groups is 1. The Labute approximate surface area is 117 Å². The molecule has 6 heteroatoms. The number of aryl methyl sites for hydroxylation is 1. The lowest BCUT2D eigenvalue weighted by Gasteiger charge is -2.27. The maximum absolute atomic E-state index is 13.4. The number of carbonyl (C=O) groups excluding carboxylic acids is 1. The third-order valence-electron chi connectivity index (χ3n) is 2.93. The first-order valence-corrected chi connectivity index (χ1v) is 6.55. The van der Waals surface area contributed by atoms with Crippen molar-refractivity contribution in [2.75, 3.05) is 6.61 Å². The van der Waals surface area contributed by atoms with E-state index in [0.717, 1.165) is 6.20 Å². The number of rotatable bonds is 1. The molecular formula is C14H19FN2O3. The number of halogens is 1. The third-order valence-corrected chi connectivity index (χ3v) is 2.93. The van der Waals surface area contributed by atoms with Gasteiger partial charge in [0.15, 0.2) is 0 Å². The van der Waals surface area contributed by atoms with Gasteiger partial charge in [-0.2, -0.15) is 5.06 Å². The normalized spacial score (nSPS) is 19.2. The number of aromatic nitrogens is 1. The first kappa shape index (κ1) is 14.7. The van der Waals surface area contributed by atoms with Gasteiger partial charge in [-0.3, -0.25) is 9.82 Å². The van der Waals surface area contributed by atoms with Crippen molar-refractivity contribution in [1.82, 2.24) is 10.0 Å². The van der Waals surface area contributed by atoms with Gasteiger partial charge in [0.25, 0.3) is 0 Å². The molecule has 1 aliphatic heterocycles. The molecule has 110 valence electrons. The smallest absolute Gasteiger partial charge is 0.435 e. The minimum Gasteiger partial charge on any atom is -0.442 e. The van der Waals surface area contributed by atoms with Crippen LogP contribution < -0.4 is 0 Å². The summed E-state index contributed by atoms with van der Waals surface area (Å²) in [4.78, 5) is 21.4. The minimum atomic E-state index is -0.608. The molecule has 1 fully saturated rings. The lowest BCUT2D eigenvalue weighted by atomic mass is 10.0. The highest BCUT2D eigenvalue weighted by molar-refractivity contribution is 5.68. The fourth-order valence-electron chi connectivity index (χ4n) is 2.10. The molecule has 20 heavy (non-hydrogen) atoms. The molecule has 2 rings (SSSR count). The van der Waals surface area contributed by atoms with Gasteiger partial charge in [0.2, 0.25) is 0 Å². The van der Waals surface area contributed by atoms with Gasteiger partial charge in [-0.15, -0.1) is 0 Å². The number of ether oxygens (including phenoxy) is 1. The van der Waals surface area contributed by atoms with Crippen LogP contribution >= 0.6 is 0 Å². The molecule has 1 atom stereocenters. The van der Waals surface area contributed by atoms with Gasteiger partial charge in [-0.1, -0.05) is 0 Å². The van der Waals surface area contributed by atoms with Gasteiger partial charge < -0.3 is 4.74 Å². The van der Waals surface area contributed by atoms with Crippen LogP contribution in [0.4, 0.5) is 9.18 Å². The van der Waals surface area contributed by atoms with Crippen molar-refractivity contribution < 1.29 is 18.8 Å². The Morgan fingerprint density at radius 3 is 2.90 bits per heavy atom. The van der Waals surface area contributed by atoms with E-state index in [-0.39, 0.29) is 6.04 Å². The summed E-state index contributed by atoms with van der Waals surface area (Å²) in [6, 6.07) is 1.02. The molecule has 0 saturated carbocycles. The van der Waals surface area contributed by atoms with E-state index >= 15 is 0 Å². The molecule has 0 aromatic carbocycles. The SMILES string of the molecule is Cc1ncc(F)cc1C1CCON1C(=O)OC(C)(C)C. The molecule has 2 heterocycles. The Bertz CT molecular complexity index is 514. The van der Waals surface area contributed by atoms with E-state index < -0.39 is 17.5 Å². The summed E-state index contributed by atoms with van der Waals surface area (Å²) < 4.78 is 18.7. The number of nitrogens with zero attached hydrogens (tertiary/aromatic N) is 2. The van der Waals surface area contributed by atoms with E-state index in [2.05, 4.69) is 4.98 Å². The monoisotopic (exact) mass is 282 g/mol. The topological polar surface area (TPSA) is 51.7 Å². The van der Waals surface area contributed by atoms with Gasteiger partial charge >= 0.3 is 6.09 Å². The van der Waals surface area contributed by atoms with Gasteiger partial charge in [0, 0.05) is 17.7 Å². The van der Waals surface area contributed by atoms with Crippen molar-refractivity contribution in [3.63, 3.8) is 0 Å². The number of hydroxylamine groups is 2. The van der Waals surface area contributed by atoms with Crippen LogP contribution in [0.1, 0.15) is 44.5 Å². The third kappa shape index (κ3) is 3.25. The molecule has 0 aliphatic carbocycles. The number of pyridine rings is 1. The first-order valence-electron chi connectivity index (χ1n) is 6.55. The summed E-state index contributed by atoms with van der Waals surface area (Å²) in [5.41, 5.74) is 0.715. The molecule has 1 amide bonds. The van der Waals surface area contributed by atoms with E-state index in [1.165, 1.54) is 11.1 Å². The van der Waals surface area contributed by atoms with Crippen LogP contribution in [-0.4, -0.2) is 28.3 Å². The standard InChI is InChI=1S/C14H19FN2O3/c1-9-11(7-10(15)8-16-9)12-5-6-19-17(12)13(18)20-14(2,3)4/h7-8,12H,5-6H2,1-4H3. The lowest BCUT2D eigenvalue weighted by Crippen LogP contribution is -2.36. The Morgan fingerprint density at radius 2 is 2.25 bits per heavy atom. The fourth-order valence-corrected chi connectivity index (χ4v) is 2.10. The second-order valence-electron chi connectivity index (χ2n) is 5.77. The Morgan fingerprint density at radius 1 is 1.55 bits per heavy atom. The van der Waals surface area contributed by atoms with Gasteiger partial charge in [-0.25, -0.2) is 9.18 Å². The number of hydrogen-bond donors (Lipinski definition) is 0. The van der Waals surface area contributed by atoms with Crippen LogP contribution in [0.15, 0.2) is 12.3 Å². The molecule has 1 unspecified atom stereocenters. The van der Waals surface area contributed by atoms with Gasteiger partial charge in [-0.05, 0) is 33.8 Å². The molecule has 1 aromatic rings. The number of amides is 1. The van der Waals surface area contributed by atoms with Crippen LogP contribution in [-0.2, 0) is 9.57 Å². The van der Waals surface area contributed by atoms with Crippen molar-refractivity contribution in [1.29, 1.82) is 0 Å². The summed E-state index contributed by atoms with van der Waals surface area (Å²) in [6.07, 6.45) is 1.18. The molecular weight excluding hydrogens is 263 g/mol. The Hall–Kier alpha value is -1.69. The average molecular weight is 282 g/mol. The van der Waals surface area contributed by atoms with E-state index in [0.29, 0.717) is 24.3 Å². The van der Waals surface area contributed by atoms with Crippen molar-refractivity contribution in [3.8, 4) is 0 Å². The molecule has 0 bridgehead atoms. The second-order valence-corrected chi connectivity index (χ2v) is 5.77. The van der Waals surface area contributed by atoms with E-state index in [4.69, 9.17) is 9.57 Å². The van der Waals surface area contributed by atoms with E-state index in [1.807, 2.05) is 0 Å². The van der Waals surface area contributed by atoms with Crippen LogP contribution in [0.25, 0.3) is 0 Å². The zero-order valence-corrected chi connectivity index (χ0v) is 12.1. The zero-order valence-electron chi connectivity index (χ0n) is 12.1. The highest BCUT2D eigenvalue weighted by atomic mass is 19.1. The highest BCUT2D eigenvalue weighted by Gasteiger charge is 2.36. The maximum Gasteiger partial charge on any atom is 0.435 e.